The minimum atomic E-state index is -0.711. The Labute approximate surface area is 181 Å². The van der Waals surface area contributed by atoms with Crippen molar-refractivity contribution in [2.75, 3.05) is 0 Å². The van der Waals surface area contributed by atoms with E-state index >= 15 is 0 Å². The van der Waals surface area contributed by atoms with Crippen LogP contribution in [0.3, 0.4) is 0 Å². The van der Waals surface area contributed by atoms with Crippen LogP contribution in [0, 0.1) is 17.8 Å². The Morgan fingerprint density at radius 1 is 1.17 bits per heavy atom. The number of nitrogens with zero attached hydrogens (tertiary/aromatic N) is 1. The summed E-state index contributed by atoms with van der Waals surface area (Å²) in [5.41, 5.74) is -0.711. The first-order valence-corrected chi connectivity index (χ1v) is 12.5. The Hall–Kier alpha value is -0.910. The van der Waals surface area contributed by atoms with Crippen molar-refractivity contribution in [2.45, 2.75) is 120 Å². The van der Waals surface area contributed by atoms with E-state index in [9.17, 15) is 20.1 Å². The monoisotopic (exact) mass is 419 g/mol. The lowest BCUT2D eigenvalue weighted by Gasteiger charge is -2.54. The van der Waals surface area contributed by atoms with Crippen LogP contribution >= 0.6 is 0 Å². The molecule has 0 radical (unpaired) electrons. The molecule has 2 aliphatic carbocycles. The van der Waals surface area contributed by atoms with Crippen molar-refractivity contribution in [1.82, 2.24) is 4.90 Å². The Morgan fingerprint density at radius 2 is 1.97 bits per heavy atom. The standard InChI is InChI=1S/C25H41NO4/c1-2-3-4-5-11-19(27)12-13-20-21-15-18-10-7-14-25(24(29)30,17-8-6-9-17)26(18)22(21)16-23(20)28/h12-13,17-23,27-28H,2-11,14-16H2,1H3,(H,29,30)/b13-12+/t18?,19-,20-,21-,22-,23-,25?/m1/s1. The van der Waals surface area contributed by atoms with Gasteiger partial charge in [-0.05, 0) is 63.2 Å². The number of aliphatic carboxylic acids is 1. The quantitative estimate of drug-likeness (QED) is 0.387. The molecule has 0 amide bonds. The summed E-state index contributed by atoms with van der Waals surface area (Å²) in [7, 11) is 0. The molecule has 2 unspecified atom stereocenters. The van der Waals surface area contributed by atoms with E-state index in [-0.39, 0.29) is 17.9 Å². The molecule has 4 rings (SSSR count). The third-order valence-electron chi connectivity index (χ3n) is 8.83. The fourth-order valence-electron chi connectivity index (χ4n) is 7.17. The number of hydrogen-bond donors (Lipinski definition) is 3. The third kappa shape index (κ3) is 3.86. The van der Waals surface area contributed by atoms with Gasteiger partial charge in [-0.15, -0.1) is 0 Å². The van der Waals surface area contributed by atoms with E-state index in [1.54, 1.807) is 0 Å². The first-order chi connectivity index (χ1) is 14.5. The number of piperidine rings is 1. The van der Waals surface area contributed by atoms with Crippen molar-refractivity contribution in [3.63, 3.8) is 0 Å². The van der Waals surface area contributed by atoms with E-state index in [4.69, 9.17) is 0 Å². The summed E-state index contributed by atoms with van der Waals surface area (Å²) in [4.78, 5) is 15.0. The molecule has 4 fully saturated rings. The minimum Gasteiger partial charge on any atom is -0.480 e. The van der Waals surface area contributed by atoms with Gasteiger partial charge in [0.25, 0.3) is 0 Å². The molecule has 0 bridgehead atoms. The molecule has 2 saturated carbocycles. The van der Waals surface area contributed by atoms with Gasteiger partial charge in [-0.25, -0.2) is 0 Å². The smallest absolute Gasteiger partial charge is 0.324 e. The molecule has 7 atom stereocenters. The first kappa shape index (κ1) is 22.3. The molecule has 2 heterocycles. The maximum atomic E-state index is 12.6. The zero-order valence-corrected chi connectivity index (χ0v) is 18.6. The Balaban J connectivity index is 1.47. The van der Waals surface area contributed by atoms with Crippen LogP contribution in [0.2, 0.25) is 0 Å². The molecular weight excluding hydrogens is 378 g/mol. The Bertz CT molecular complexity index is 633. The van der Waals surface area contributed by atoms with E-state index in [0.717, 1.165) is 64.2 Å². The molecule has 2 saturated heterocycles. The van der Waals surface area contributed by atoms with Gasteiger partial charge in [0.1, 0.15) is 5.54 Å². The molecule has 0 aromatic rings. The fraction of sp³-hybridized carbons (Fsp3) is 0.880. The predicted octanol–water partition coefficient (Wildman–Crippen LogP) is 4.12. The van der Waals surface area contributed by atoms with Gasteiger partial charge in [-0.2, -0.15) is 0 Å². The van der Waals surface area contributed by atoms with Crippen LogP contribution < -0.4 is 0 Å². The van der Waals surface area contributed by atoms with Crippen molar-refractivity contribution < 1.29 is 20.1 Å². The highest BCUT2D eigenvalue weighted by atomic mass is 16.4. The molecule has 170 valence electrons. The Kier molecular flexibility index (Phi) is 6.91. The van der Waals surface area contributed by atoms with E-state index in [2.05, 4.69) is 17.9 Å². The summed E-state index contributed by atoms with van der Waals surface area (Å²) in [5.74, 6) is -0.00835. The van der Waals surface area contributed by atoms with Crippen LogP contribution in [-0.2, 0) is 4.79 Å². The van der Waals surface area contributed by atoms with E-state index in [0.29, 0.717) is 18.4 Å². The van der Waals surface area contributed by atoms with Crippen LogP contribution in [0.4, 0.5) is 0 Å². The Morgan fingerprint density at radius 3 is 2.63 bits per heavy atom. The summed E-state index contributed by atoms with van der Waals surface area (Å²) in [5, 5.41) is 31.6. The van der Waals surface area contributed by atoms with Crippen LogP contribution in [-0.4, -0.2) is 56.0 Å². The predicted molar refractivity (Wildman–Crippen MR) is 117 cm³/mol. The van der Waals surface area contributed by atoms with Gasteiger partial charge in [-0.3, -0.25) is 9.69 Å². The number of hydrogen-bond acceptors (Lipinski definition) is 4. The van der Waals surface area contributed by atoms with Crippen molar-refractivity contribution >= 4 is 5.97 Å². The molecule has 5 heteroatoms. The maximum Gasteiger partial charge on any atom is 0.324 e. The highest BCUT2D eigenvalue weighted by molar-refractivity contribution is 5.80. The number of fused-ring (bicyclic) bond motifs is 3. The zero-order chi connectivity index (χ0) is 21.3. The summed E-state index contributed by atoms with van der Waals surface area (Å²) in [6.45, 7) is 2.19. The largest absolute Gasteiger partial charge is 0.480 e. The van der Waals surface area contributed by atoms with Crippen LogP contribution in [0.1, 0.15) is 90.4 Å². The van der Waals surface area contributed by atoms with Gasteiger partial charge < -0.3 is 15.3 Å². The van der Waals surface area contributed by atoms with Crippen LogP contribution in [0.25, 0.3) is 0 Å². The number of aliphatic hydroxyl groups is 2. The van der Waals surface area contributed by atoms with Crippen molar-refractivity contribution in [1.29, 1.82) is 0 Å². The van der Waals surface area contributed by atoms with Gasteiger partial charge in [0.2, 0.25) is 0 Å². The van der Waals surface area contributed by atoms with Crippen LogP contribution in [0.15, 0.2) is 12.2 Å². The van der Waals surface area contributed by atoms with Crippen molar-refractivity contribution in [3.8, 4) is 0 Å². The lowest BCUT2D eigenvalue weighted by Crippen LogP contribution is -2.66. The molecule has 0 aromatic heterocycles. The highest BCUT2D eigenvalue weighted by Gasteiger charge is 2.63. The van der Waals surface area contributed by atoms with E-state index < -0.39 is 23.7 Å². The SMILES string of the molecule is CCCCCC[C@@H](O)/C=C/[C@@H]1[C@H]2CC3CCCC(C(=O)O)(C4CCC4)N3[C@@H]2C[C@H]1O. The van der Waals surface area contributed by atoms with Gasteiger partial charge in [0, 0.05) is 18.0 Å². The summed E-state index contributed by atoms with van der Waals surface area (Å²) < 4.78 is 0. The number of aliphatic hydroxyl groups excluding tert-OH is 2. The molecule has 5 nitrogen and oxygen atoms in total. The second kappa shape index (κ2) is 9.30. The number of carboxylic acid groups (broad SMARTS) is 1. The number of rotatable bonds is 9. The van der Waals surface area contributed by atoms with Crippen LogP contribution in [0.5, 0.6) is 0 Å². The first-order valence-electron chi connectivity index (χ1n) is 12.5. The molecule has 3 N–H and O–H groups in total. The fourth-order valence-corrected chi connectivity index (χ4v) is 7.17. The number of carboxylic acids is 1. The third-order valence-corrected chi connectivity index (χ3v) is 8.83. The second-order valence-corrected chi connectivity index (χ2v) is 10.5. The molecule has 0 spiro atoms. The lowest BCUT2D eigenvalue weighted by atomic mass is 9.65. The molecule has 30 heavy (non-hydrogen) atoms. The van der Waals surface area contributed by atoms with Crippen molar-refractivity contribution in [2.24, 2.45) is 17.8 Å². The van der Waals surface area contributed by atoms with E-state index in [1.807, 2.05) is 6.08 Å². The molecule has 2 aliphatic heterocycles. The number of carbonyl (C=O) groups is 1. The van der Waals surface area contributed by atoms with E-state index in [1.165, 1.54) is 12.8 Å². The number of unbranched alkanes of at least 4 members (excludes halogenated alkanes) is 3. The van der Waals surface area contributed by atoms with Crippen molar-refractivity contribution in [3.05, 3.63) is 12.2 Å². The minimum absolute atomic E-state index is 0.0405. The van der Waals surface area contributed by atoms with Gasteiger partial charge >= 0.3 is 5.97 Å². The second-order valence-electron chi connectivity index (χ2n) is 10.5. The molecular formula is C25H41NO4. The van der Waals surface area contributed by atoms with Gasteiger partial charge in [-0.1, -0.05) is 51.2 Å². The lowest BCUT2D eigenvalue weighted by molar-refractivity contribution is -0.168. The zero-order valence-electron chi connectivity index (χ0n) is 18.6. The maximum absolute atomic E-state index is 12.6. The summed E-state index contributed by atoms with van der Waals surface area (Å²) >= 11 is 0. The van der Waals surface area contributed by atoms with Gasteiger partial charge in [0.15, 0.2) is 0 Å². The molecule has 0 aromatic carbocycles. The summed E-state index contributed by atoms with van der Waals surface area (Å²) in [6.07, 6.45) is 16.2. The topological polar surface area (TPSA) is 81.0 Å². The van der Waals surface area contributed by atoms with Gasteiger partial charge in [0.05, 0.1) is 12.2 Å². The average molecular weight is 420 g/mol. The highest BCUT2D eigenvalue weighted by Crippen LogP contribution is 2.56. The summed E-state index contributed by atoms with van der Waals surface area (Å²) in [6, 6.07) is 0.506. The average Bonchev–Trinajstić information content (AvgIpc) is 3.17. The molecule has 4 aliphatic rings. The normalized spacial score (nSPS) is 40.3.